The second-order valence-electron chi connectivity index (χ2n) is 2.94. The van der Waals surface area contributed by atoms with Crippen molar-refractivity contribution in [2.24, 2.45) is 5.92 Å². The number of aldehydes is 1. The molecule has 0 aliphatic heterocycles. The summed E-state index contributed by atoms with van der Waals surface area (Å²) in [7, 11) is 0. The molecule has 2 atom stereocenters. The van der Waals surface area contributed by atoms with E-state index in [0.717, 1.165) is 19.1 Å². The van der Waals surface area contributed by atoms with E-state index in [2.05, 4.69) is 0 Å². The minimum atomic E-state index is -0.249. The third kappa shape index (κ3) is 2.33. The van der Waals surface area contributed by atoms with Gasteiger partial charge in [0.15, 0.2) is 0 Å². The van der Waals surface area contributed by atoms with Crippen molar-refractivity contribution in [2.45, 2.75) is 32.3 Å². The van der Waals surface area contributed by atoms with Crippen LogP contribution in [-0.4, -0.2) is 18.4 Å². The van der Waals surface area contributed by atoms with E-state index in [9.17, 15) is 9.59 Å². The van der Waals surface area contributed by atoms with E-state index >= 15 is 0 Å². The Hall–Kier alpha value is -0.860. The average Bonchev–Trinajstić information content (AvgIpc) is 2.34. The van der Waals surface area contributed by atoms with Crippen LogP contribution in [0.4, 0.5) is 0 Å². The molecule has 0 amide bonds. The molecule has 0 saturated heterocycles. The number of rotatable bonds is 2. The van der Waals surface area contributed by atoms with Crippen LogP contribution in [0.5, 0.6) is 0 Å². The summed E-state index contributed by atoms with van der Waals surface area (Å²) in [6.45, 7) is 1.40. The number of carbonyl (C=O) groups excluding carboxylic acids is 2. The van der Waals surface area contributed by atoms with Crippen LogP contribution in [0, 0.1) is 5.92 Å². The lowest BCUT2D eigenvalue weighted by Crippen LogP contribution is -2.12. The number of hydrogen-bond acceptors (Lipinski definition) is 3. The highest BCUT2D eigenvalue weighted by atomic mass is 16.5. The third-order valence-electron chi connectivity index (χ3n) is 1.95. The molecule has 0 bridgehead atoms. The monoisotopic (exact) mass is 156 g/mol. The Labute approximate surface area is 65.7 Å². The highest BCUT2D eigenvalue weighted by Crippen LogP contribution is 2.25. The Morgan fingerprint density at radius 2 is 2.27 bits per heavy atom. The fraction of sp³-hybridized carbons (Fsp3) is 0.750. The second-order valence-corrected chi connectivity index (χ2v) is 2.94. The van der Waals surface area contributed by atoms with Gasteiger partial charge in [0.2, 0.25) is 0 Å². The zero-order valence-electron chi connectivity index (χ0n) is 6.58. The van der Waals surface area contributed by atoms with Gasteiger partial charge < -0.3 is 9.53 Å². The fourth-order valence-corrected chi connectivity index (χ4v) is 1.44. The van der Waals surface area contributed by atoms with Gasteiger partial charge in [-0.1, -0.05) is 0 Å². The van der Waals surface area contributed by atoms with Crippen LogP contribution in [0.3, 0.4) is 0 Å². The quantitative estimate of drug-likeness (QED) is 0.441. The van der Waals surface area contributed by atoms with E-state index in [1.165, 1.54) is 6.92 Å². The van der Waals surface area contributed by atoms with Crippen LogP contribution < -0.4 is 0 Å². The molecule has 0 aromatic carbocycles. The zero-order valence-corrected chi connectivity index (χ0v) is 6.58. The third-order valence-corrected chi connectivity index (χ3v) is 1.95. The topological polar surface area (TPSA) is 43.4 Å². The molecular formula is C8H12O3. The fourth-order valence-electron chi connectivity index (χ4n) is 1.44. The summed E-state index contributed by atoms with van der Waals surface area (Å²) in [5.74, 6) is -0.138. The van der Waals surface area contributed by atoms with Crippen LogP contribution in [0.2, 0.25) is 0 Å². The molecule has 0 heterocycles. The molecule has 0 spiro atoms. The first kappa shape index (κ1) is 8.24. The van der Waals surface area contributed by atoms with E-state index in [0.29, 0.717) is 6.42 Å². The SMILES string of the molecule is CC(=O)OC1CCC(C=O)C1. The maximum atomic E-state index is 10.5. The summed E-state index contributed by atoms with van der Waals surface area (Å²) in [4.78, 5) is 20.8. The molecule has 0 aromatic heterocycles. The summed E-state index contributed by atoms with van der Waals surface area (Å²) < 4.78 is 4.95. The minimum absolute atomic E-state index is 0.0114. The summed E-state index contributed by atoms with van der Waals surface area (Å²) in [6, 6.07) is 0. The largest absolute Gasteiger partial charge is 0.463 e. The van der Waals surface area contributed by atoms with E-state index in [1.54, 1.807) is 0 Å². The Morgan fingerprint density at radius 1 is 1.55 bits per heavy atom. The van der Waals surface area contributed by atoms with Gasteiger partial charge in [0.25, 0.3) is 0 Å². The summed E-state index contributed by atoms with van der Waals surface area (Å²) >= 11 is 0. The van der Waals surface area contributed by atoms with Gasteiger partial charge in [-0.3, -0.25) is 4.79 Å². The minimum Gasteiger partial charge on any atom is -0.463 e. The lowest BCUT2D eigenvalue weighted by atomic mass is 10.1. The number of carbonyl (C=O) groups is 2. The van der Waals surface area contributed by atoms with E-state index in [-0.39, 0.29) is 18.0 Å². The van der Waals surface area contributed by atoms with Crippen LogP contribution in [0.1, 0.15) is 26.2 Å². The number of ether oxygens (including phenoxy) is 1. The van der Waals surface area contributed by atoms with Gasteiger partial charge in [-0.2, -0.15) is 0 Å². The molecule has 11 heavy (non-hydrogen) atoms. The Bertz CT molecular complexity index is 165. The first-order valence-electron chi connectivity index (χ1n) is 3.85. The molecule has 3 heteroatoms. The molecule has 1 rings (SSSR count). The van der Waals surface area contributed by atoms with E-state index in [4.69, 9.17) is 4.74 Å². The lowest BCUT2D eigenvalue weighted by molar-refractivity contribution is -0.146. The molecule has 0 radical (unpaired) electrons. The lowest BCUT2D eigenvalue weighted by Gasteiger charge is -2.08. The summed E-state index contributed by atoms with van der Waals surface area (Å²) in [6.07, 6.45) is 3.35. The van der Waals surface area contributed by atoms with Crippen molar-refractivity contribution in [2.75, 3.05) is 0 Å². The molecule has 1 fully saturated rings. The first-order valence-corrected chi connectivity index (χ1v) is 3.85. The standard InChI is InChI=1S/C8H12O3/c1-6(10)11-8-3-2-7(4-8)5-9/h5,7-8H,2-4H2,1H3. The van der Waals surface area contributed by atoms with Crippen molar-refractivity contribution in [3.05, 3.63) is 0 Å². The Kier molecular flexibility index (Phi) is 2.63. The Balaban J connectivity index is 2.29. The number of hydrogen-bond donors (Lipinski definition) is 0. The first-order chi connectivity index (χ1) is 5.22. The highest BCUT2D eigenvalue weighted by molar-refractivity contribution is 5.66. The van der Waals surface area contributed by atoms with Gasteiger partial charge in [0.1, 0.15) is 12.4 Å². The van der Waals surface area contributed by atoms with E-state index < -0.39 is 0 Å². The average molecular weight is 156 g/mol. The number of esters is 1. The summed E-state index contributed by atoms with van der Waals surface area (Å²) in [5, 5.41) is 0. The highest BCUT2D eigenvalue weighted by Gasteiger charge is 2.25. The van der Waals surface area contributed by atoms with Crippen molar-refractivity contribution < 1.29 is 14.3 Å². The van der Waals surface area contributed by atoms with Crippen molar-refractivity contribution in [1.29, 1.82) is 0 Å². The van der Waals surface area contributed by atoms with E-state index in [1.807, 2.05) is 0 Å². The van der Waals surface area contributed by atoms with Gasteiger partial charge in [-0.15, -0.1) is 0 Å². The molecule has 1 aliphatic rings. The predicted molar refractivity (Wildman–Crippen MR) is 39.0 cm³/mol. The molecule has 62 valence electrons. The molecule has 1 saturated carbocycles. The molecule has 0 aromatic rings. The maximum absolute atomic E-state index is 10.5. The zero-order chi connectivity index (χ0) is 8.27. The van der Waals surface area contributed by atoms with Crippen molar-refractivity contribution in [1.82, 2.24) is 0 Å². The van der Waals surface area contributed by atoms with Gasteiger partial charge in [-0.25, -0.2) is 0 Å². The molecule has 0 N–H and O–H groups in total. The second kappa shape index (κ2) is 3.51. The van der Waals surface area contributed by atoms with Gasteiger partial charge in [0, 0.05) is 12.8 Å². The van der Waals surface area contributed by atoms with Crippen LogP contribution in [0.15, 0.2) is 0 Å². The molecule has 1 aliphatic carbocycles. The molecule has 2 unspecified atom stereocenters. The molecule has 3 nitrogen and oxygen atoms in total. The van der Waals surface area contributed by atoms with Crippen molar-refractivity contribution in [3.63, 3.8) is 0 Å². The molecular weight excluding hydrogens is 144 g/mol. The smallest absolute Gasteiger partial charge is 0.302 e. The Morgan fingerprint density at radius 3 is 2.73 bits per heavy atom. The van der Waals surface area contributed by atoms with Crippen molar-refractivity contribution in [3.8, 4) is 0 Å². The maximum Gasteiger partial charge on any atom is 0.302 e. The van der Waals surface area contributed by atoms with Crippen LogP contribution in [0.25, 0.3) is 0 Å². The van der Waals surface area contributed by atoms with Crippen molar-refractivity contribution >= 4 is 12.3 Å². The van der Waals surface area contributed by atoms with Gasteiger partial charge in [-0.05, 0) is 19.3 Å². The van der Waals surface area contributed by atoms with Crippen LogP contribution in [-0.2, 0) is 14.3 Å². The summed E-state index contributed by atoms with van der Waals surface area (Å²) in [5.41, 5.74) is 0. The van der Waals surface area contributed by atoms with Gasteiger partial charge in [0.05, 0.1) is 0 Å². The van der Waals surface area contributed by atoms with Gasteiger partial charge >= 0.3 is 5.97 Å². The normalized spacial score (nSPS) is 29.9. The van der Waals surface area contributed by atoms with Crippen LogP contribution >= 0.6 is 0 Å². The predicted octanol–water partition coefficient (Wildman–Crippen LogP) is 0.917.